The fraction of sp³-hybridized carbons (Fsp3) is 0.462. The number of esters is 1. The highest BCUT2D eigenvalue weighted by molar-refractivity contribution is 7.17. The first kappa shape index (κ1) is 24.1. The minimum Gasteiger partial charge on any atom is -0.459 e. The van der Waals surface area contributed by atoms with Gasteiger partial charge in [0.05, 0.1) is 11.7 Å². The van der Waals surface area contributed by atoms with Crippen LogP contribution >= 0.6 is 22.7 Å². The smallest absolute Gasteiger partial charge is 0.341 e. The van der Waals surface area contributed by atoms with E-state index in [1.165, 1.54) is 32.2 Å². The Morgan fingerprint density at radius 3 is 2.60 bits per heavy atom. The molecule has 0 unspecified atom stereocenters. The van der Waals surface area contributed by atoms with Gasteiger partial charge in [-0.05, 0) is 76.3 Å². The van der Waals surface area contributed by atoms with E-state index >= 15 is 0 Å². The number of thiophene rings is 2. The second-order valence-corrected chi connectivity index (χ2v) is 11.7. The van der Waals surface area contributed by atoms with E-state index < -0.39 is 0 Å². The number of rotatable bonds is 6. The number of aromatic nitrogens is 1. The van der Waals surface area contributed by atoms with Crippen LogP contribution in [0.3, 0.4) is 0 Å². The Morgan fingerprint density at radius 1 is 1.06 bits per heavy atom. The summed E-state index contributed by atoms with van der Waals surface area (Å²) in [5, 5.41) is 7.80. The minimum atomic E-state index is -0.347. The molecule has 4 heterocycles. The molecule has 0 radical (unpaired) electrons. The molecular weight excluding hydrogens is 480 g/mol. The molecule has 3 aromatic heterocycles. The molecule has 7 nitrogen and oxygen atoms in total. The number of ether oxygens (including phenoxy) is 1. The van der Waals surface area contributed by atoms with Gasteiger partial charge in [-0.3, -0.25) is 5.32 Å². The number of hydrogen-bond acceptors (Lipinski definition) is 6. The Hall–Kier alpha value is -2.62. The van der Waals surface area contributed by atoms with Gasteiger partial charge >= 0.3 is 12.0 Å². The van der Waals surface area contributed by atoms with Gasteiger partial charge in [0.15, 0.2) is 0 Å². The summed E-state index contributed by atoms with van der Waals surface area (Å²) in [4.78, 5) is 30.8. The number of amides is 2. The first-order valence-electron chi connectivity index (χ1n) is 12.3. The first-order chi connectivity index (χ1) is 16.9. The standard InChI is InChI=1S/C26H32N4O3S2/c1-16(2)33-25(31)22-18-8-4-5-9-20(18)34-23(22)28-26(32)27-14-19-17-10-13-29(3)15-21(17)35-24(19)30-11-6-7-12-30/h6-7,11-12,16H,4-5,8-10,13-15H2,1-3H3,(H2,27,28,32). The van der Waals surface area contributed by atoms with E-state index in [-0.39, 0.29) is 18.1 Å². The number of anilines is 1. The van der Waals surface area contributed by atoms with Gasteiger partial charge in [0.1, 0.15) is 10.0 Å². The van der Waals surface area contributed by atoms with Crippen molar-refractivity contribution in [2.75, 3.05) is 18.9 Å². The zero-order valence-corrected chi connectivity index (χ0v) is 22.1. The van der Waals surface area contributed by atoms with E-state index in [4.69, 9.17) is 4.74 Å². The van der Waals surface area contributed by atoms with Gasteiger partial charge in [-0.2, -0.15) is 0 Å². The zero-order valence-electron chi connectivity index (χ0n) is 20.5. The van der Waals surface area contributed by atoms with Crippen LogP contribution in [0.15, 0.2) is 24.5 Å². The number of likely N-dealkylation sites (N-methyl/N-ethyl adjacent to an activating group) is 1. The Kier molecular flexibility index (Phi) is 7.00. The second kappa shape index (κ2) is 10.2. The van der Waals surface area contributed by atoms with Gasteiger partial charge in [0.2, 0.25) is 0 Å². The van der Waals surface area contributed by atoms with Gasteiger partial charge in [-0.25, -0.2) is 9.59 Å². The second-order valence-electron chi connectivity index (χ2n) is 9.54. The number of aryl methyl sites for hydroxylation is 1. The van der Waals surface area contributed by atoms with Crippen molar-refractivity contribution in [2.24, 2.45) is 0 Å². The van der Waals surface area contributed by atoms with Gasteiger partial charge in [0.25, 0.3) is 0 Å². The molecule has 35 heavy (non-hydrogen) atoms. The fourth-order valence-electron chi connectivity index (χ4n) is 4.90. The summed E-state index contributed by atoms with van der Waals surface area (Å²) in [6.07, 6.45) is 8.83. The van der Waals surface area contributed by atoms with Crippen LogP contribution < -0.4 is 10.6 Å². The molecule has 9 heteroatoms. The van der Waals surface area contributed by atoms with E-state index in [0.717, 1.165) is 55.8 Å². The summed E-state index contributed by atoms with van der Waals surface area (Å²) >= 11 is 3.31. The average Bonchev–Trinajstić information content (AvgIpc) is 3.53. The van der Waals surface area contributed by atoms with Gasteiger partial charge < -0.3 is 19.5 Å². The first-order valence-corrected chi connectivity index (χ1v) is 13.9. The average molecular weight is 513 g/mol. The van der Waals surface area contributed by atoms with Gasteiger partial charge in [-0.1, -0.05) is 0 Å². The Labute approximate surface area is 214 Å². The van der Waals surface area contributed by atoms with Crippen molar-refractivity contribution in [3.63, 3.8) is 0 Å². The summed E-state index contributed by atoms with van der Waals surface area (Å²) in [6, 6.07) is 3.74. The van der Waals surface area contributed by atoms with E-state index in [1.54, 1.807) is 11.3 Å². The highest BCUT2D eigenvalue weighted by atomic mass is 32.1. The fourth-order valence-corrected chi connectivity index (χ4v) is 7.59. The molecule has 0 fully saturated rings. The molecule has 5 rings (SSSR count). The van der Waals surface area contributed by atoms with Crippen molar-refractivity contribution in [3.05, 3.63) is 56.5 Å². The number of urea groups is 1. The van der Waals surface area contributed by atoms with Crippen molar-refractivity contribution in [3.8, 4) is 5.00 Å². The SMILES string of the molecule is CC(C)OC(=O)c1c(NC(=O)NCc2c(-n3cccc3)sc3c2CCN(C)C3)sc2c1CCCC2. The predicted molar refractivity (Wildman–Crippen MR) is 141 cm³/mol. The third-order valence-corrected chi connectivity index (χ3v) is 9.03. The van der Waals surface area contributed by atoms with Crippen LogP contribution in [-0.2, 0) is 37.1 Å². The maximum Gasteiger partial charge on any atom is 0.341 e. The van der Waals surface area contributed by atoms with Crippen molar-refractivity contribution in [2.45, 2.75) is 65.1 Å². The lowest BCUT2D eigenvalue weighted by Crippen LogP contribution is -2.30. The number of hydrogen-bond donors (Lipinski definition) is 2. The molecule has 186 valence electrons. The molecule has 3 aromatic rings. The molecule has 0 spiro atoms. The predicted octanol–water partition coefficient (Wildman–Crippen LogP) is 5.35. The summed E-state index contributed by atoms with van der Waals surface area (Å²) in [5.41, 5.74) is 4.12. The summed E-state index contributed by atoms with van der Waals surface area (Å²) in [5.74, 6) is -0.347. The van der Waals surface area contributed by atoms with Crippen molar-refractivity contribution in [1.29, 1.82) is 0 Å². The molecule has 2 amide bonds. The Morgan fingerprint density at radius 2 is 1.83 bits per heavy atom. The maximum atomic E-state index is 13.1. The highest BCUT2D eigenvalue weighted by Gasteiger charge is 2.28. The maximum absolute atomic E-state index is 13.1. The molecule has 1 aliphatic heterocycles. The topological polar surface area (TPSA) is 75.6 Å². The number of fused-ring (bicyclic) bond motifs is 2. The third-order valence-electron chi connectivity index (χ3n) is 6.55. The summed E-state index contributed by atoms with van der Waals surface area (Å²) in [6.45, 7) is 6.07. The molecular formula is C26H32N4O3S2. The van der Waals surface area contributed by atoms with Crippen LogP contribution in [0.25, 0.3) is 5.00 Å². The molecule has 0 aromatic carbocycles. The van der Waals surface area contributed by atoms with Crippen LogP contribution in [0.1, 0.15) is 63.5 Å². The Bertz CT molecular complexity index is 1230. The van der Waals surface area contributed by atoms with Crippen LogP contribution in [0.4, 0.5) is 9.80 Å². The van der Waals surface area contributed by atoms with Crippen LogP contribution in [-0.4, -0.2) is 41.2 Å². The quantitative estimate of drug-likeness (QED) is 0.437. The van der Waals surface area contributed by atoms with Gasteiger partial charge in [0, 0.05) is 47.3 Å². The molecule has 0 atom stereocenters. The lowest BCUT2D eigenvalue weighted by atomic mass is 9.95. The minimum absolute atomic E-state index is 0.209. The van der Waals surface area contributed by atoms with E-state index in [9.17, 15) is 9.59 Å². The van der Waals surface area contributed by atoms with Crippen molar-refractivity contribution in [1.82, 2.24) is 14.8 Å². The zero-order chi connectivity index (χ0) is 24.5. The normalized spacial score (nSPS) is 15.5. The van der Waals surface area contributed by atoms with Gasteiger partial charge in [-0.15, -0.1) is 22.7 Å². The Balaban J connectivity index is 1.36. The largest absolute Gasteiger partial charge is 0.459 e. The van der Waals surface area contributed by atoms with Crippen LogP contribution in [0.2, 0.25) is 0 Å². The van der Waals surface area contributed by atoms with Crippen molar-refractivity contribution >= 4 is 39.7 Å². The molecule has 1 aliphatic carbocycles. The van der Waals surface area contributed by atoms with Crippen LogP contribution in [0.5, 0.6) is 0 Å². The third kappa shape index (κ3) is 5.03. The van der Waals surface area contributed by atoms with Crippen molar-refractivity contribution < 1.29 is 14.3 Å². The highest BCUT2D eigenvalue weighted by Crippen LogP contribution is 2.39. The molecule has 2 aliphatic rings. The van der Waals surface area contributed by atoms with Crippen LogP contribution in [0, 0.1) is 0 Å². The van der Waals surface area contributed by atoms with E-state index in [0.29, 0.717) is 17.1 Å². The van der Waals surface area contributed by atoms with E-state index in [1.807, 2.05) is 38.4 Å². The summed E-state index contributed by atoms with van der Waals surface area (Å²) in [7, 11) is 2.14. The van der Waals surface area contributed by atoms with E-state index in [2.05, 4.69) is 27.1 Å². The molecule has 2 N–H and O–H groups in total. The summed E-state index contributed by atoms with van der Waals surface area (Å²) < 4.78 is 7.65. The molecule has 0 saturated heterocycles. The number of carbonyl (C=O) groups excluding carboxylic acids is 2. The molecule has 0 bridgehead atoms. The number of nitrogens with zero attached hydrogens (tertiary/aromatic N) is 2. The number of carbonyl (C=O) groups is 2. The number of nitrogens with one attached hydrogen (secondary N) is 2. The molecule has 0 saturated carbocycles. The lowest BCUT2D eigenvalue weighted by molar-refractivity contribution is 0.0378. The monoisotopic (exact) mass is 512 g/mol. The lowest BCUT2D eigenvalue weighted by Gasteiger charge is -2.22.